The Bertz CT molecular complexity index is 357. The number of nitrogen functional groups attached to an aromatic ring is 1. The van der Waals surface area contributed by atoms with E-state index in [4.69, 9.17) is 22.1 Å². The maximum Gasteiger partial charge on any atom is 0.0786 e. The lowest BCUT2D eigenvalue weighted by Gasteiger charge is -2.29. The molecule has 1 saturated heterocycles. The van der Waals surface area contributed by atoms with Gasteiger partial charge in [-0.2, -0.15) is 0 Å². The number of nitrogens with two attached hydrogens (primary N) is 1. The molecule has 1 heterocycles. The number of rotatable bonds is 3. The molecular weight excluding hydrogens is 236 g/mol. The van der Waals surface area contributed by atoms with Gasteiger partial charge in [-0.15, -0.1) is 0 Å². The predicted molar refractivity (Wildman–Crippen MR) is 72.7 cm³/mol. The summed E-state index contributed by atoms with van der Waals surface area (Å²) in [5, 5.41) is 0.712. The van der Waals surface area contributed by atoms with Gasteiger partial charge in [-0.05, 0) is 30.9 Å². The van der Waals surface area contributed by atoms with E-state index in [2.05, 4.69) is 4.90 Å². The Morgan fingerprint density at radius 3 is 3.00 bits per heavy atom. The zero-order valence-electron chi connectivity index (χ0n) is 10.2. The molecule has 0 aliphatic carbocycles. The summed E-state index contributed by atoms with van der Waals surface area (Å²) in [5.41, 5.74) is 7.63. The maximum absolute atomic E-state index is 6.19. The van der Waals surface area contributed by atoms with Gasteiger partial charge >= 0.3 is 0 Å². The Morgan fingerprint density at radius 2 is 2.35 bits per heavy atom. The van der Waals surface area contributed by atoms with E-state index < -0.39 is 0 Å². The van der Waals surface area contributed by atoms with Crippen LogP contribution in [0.1, 0.15) is 12.8 Å². The van der Waals surface area contributed by atoms with E-state index in [9.17, 15) is 0 Å². The standard InChI is InChI=1S/C13H19ClN2O/c1-16(8-10-4-3-7-17-9-10)13-11(14)5-2-6-12(13)15/h2,5-6,10H,3-4,7-9,15H2,1H3. The molecule has 0 radical (unpaired) electrons. The highest BCUT2D eigenvalue weighted by molar-refractivity contribution is 6.33. The first-order valence-corrected chi connectivity index (χ1v) is 6.39. The van der Waals surface area contributed by atoms with Crippen molar-refractivity contribution in [1.29, 1.82) is 0 Å². The fourth-order valence-electron chi connectivity index (χ4n) is 2.36. The SMILES string of the molecule is CN(CC1CCCOC1)c1c(N)cccc1Cl. The van der Waals surface area contributed by atoms with Crippen LogP contribution in [0, 0.1) is 5.92 Å². The quantitative estimate of drug-likeness (QED) is 0.843. The van der Waals surface area contributed by atoms with E-state index in [-0.39, 0.29) is 0 Å². The van der Waals surface area contributed by atoms with E-state index in [1.165, 1.54) is 6.42 Å². The number of hydrogen-bond donors (Lipinski definition) is 1. The molecular formula is C13H19ClN2O. The van der Waals surface area contributed by atoms with Gasteiger partial charge in [0, 0.05) is 20.2 Å². The highest BCUT2D eigenvalue weighted by Crippen LogP contribution is 2.32. The van der Waals surface area contributed by atoms with E-state index in [1.807, 2.05) is 25.2 Å². The van der Waals surface area contributed by atoms with Crippen LogP contribution in [0.3, 0.4) is 0 Å². The minimum atomic E-state index is 0.574. The Balaban J connectivity index is 2.05. The van der Waals surface area contributed by atoms with Gasteiger partial charge in [-0.1, -0.05) is 17.7 Å². The van der Waals surface area contributed by atoms with Crippen LogP contribution >= 0.6 is 11.6 Å². The van der Waals surface area contributed by atoms with Gasteiger partial charge in [0.25, 0.3) is 0 Å². The molecule has 1 aliphatic heterocycles. The summed E-state index contributed by atoms with van der Waals surface area (Å²) in [5.74, 6) is 0.574. The lowest BCUT2D eigenvalue weighted by molar-refractivity contribution is 0.0576. The average molecular weight is 255 g/mol. The van der Waals surface area contributed by atoms with Gasteiger partial charge in [-0.25, -0.2) is 0 Å². The summed E-state index contributed by atoms with van der Waals surface area (Å²) < 4.78 is 5.49. The van der Waals surface area contributed by atoms with Gasteiger partial charge in [0.05, 0.1) is 23.0 Å². The molecule has 2 rings (SSSR count). The molecule has 0 amide bonds. The van der Waals surface area contributed by atoms with Gasteiger partial charge in [-0.3, -0.25) is 0 Å². The molecule has 0 aromatic heterocycles. The van der Waals surface area contributed by atoms with Crippen molar-refractivity contribution in [3.05, 3.63) is 23.2 Å². The van der Waals surface area contributed by atoms with Crippen molar-refractivity contribution in [3.8, 4) is 0 Å². The Labute approximate surface area is 107 Å². The maximum atomic E-state index is 6.19. The van der Waals surface area contributed by atoms with Crippen LogP contribution in [0.2, 0.25) is 5.02 Å². The van der Waals surface area contributed by atoms with Crippen molar-refractivity contribution in [3.63, 3.8) is 0 Å². The number of nitrogens with zero attached hydrogens (tertiary/aromatic N) is 1. The highest BCUT2D eigenvalue weighted by atomic mass is 35.5. The molecule has 1 fully saturated rings. The lowest BCUT2D eigenvalue weighted by atomic mass is 10.0. The molecule has 1 aliphatic rings. The monoisotopic (exact) mass is 254 g/mol. The zero-order valence-corrected chi connectivity index (χ0v) is 10.9. The molecule has 4 heteroatoms. The van der Waals surface area contributed by atoms with Crippen LogP contribution in [-0.2, 0) is 4.74 Å². The Morgan fingerprint density at radius 1 is 1.53 bits per heavy atom. The predicted octanol–water partition coefficient (Wildman–Crippen LogP) is 2.79. The number of hydrogen-bond acceptors (Lipinski definition) is 3. The van der Waals surface area contributed by atoms with Crippen LogP contribution < -0.4 is 10.6 Å². The van der Waals surface area contributed by atoms with Crippen LogP contribution in [0.25, 0.3) is 0 Å². The first-order chi connectivity index (χ1) is 8.18. The summed E-state index contributed by atoms with van der Waals surface area (Å²) >= 11 is 6.19. The van der Waals surface area contributed by atoms with Gasteiger partial charge in [0.15, 0.2) is 0 Å². The second kappa shape index (κ2) is 5.61. The van der Waals surface area contributed by atoms with Gasteiger partial charge < -0.3 is 15.4 Å². The molecule has 1 atom stereocenters. The van der Waals surface area contributed by atoms with Crippen molar-refractivity contribution in [1.82, 2.24) is 0 Å². The van der Waals surface area contributed by atoms with Crippen LogP contribution in [0.5, 0.6) is 0 Å². The van der Waals surface area contributed by atoms with Gasteiger partial charge in [0.2, 0.25) is 0 Å². The number of halogens is 1. The molecule has 94 valence electrons. The molecule has 2 N–H and O–H groups in total. The minimum absolute atomic E-state index is 0.574. The first-order valence-electron chi connectivity index (χ1n) is 6.01. The summed E-state index contributed by atoms with van der Waals surface area (Å²) in [7, 11) is 2.03. The molecule has 1 aromatic carbocycles. The molecule has 1 aromatic rings. The number of anilines is 2. The summed E-state index contributed by atoms with van der Waals surface area (Å²) in [4.78, 5) is 2.14. The highest BCUT2D eigenvalue weighted by Gasteiger charge is 2.18. The molecule has 3 nitrogen and oxygen atoms in total. The molecule has 0 spiro atoms. The normalized spacial score (nSPS) is 20.2. The van der Waals surface area contributed by atoms with Crippen molar-refractivity contribution in [2.24, 2.45) is 5.92 Å². The fourth-order valence-corrected chi connectivity index (χ4v) is 2.69. The number of benzene rings is 1. The molecule has 0 bridgehead atoms. The zero-order chi connectivity index (χ0) is 12.3. The van der Waals surface area contributed by atoms with E-state index in [0.29, 0.717) is 10.9 Å². The Hall–Kier alpha value is -0.930. The lowest BCUT2D eigenvalue weighted by Crippen LogP contribution is -2.31. The van der Waals surface area contributed by atoms with Crippen LogP contribution in [0.4, 0.5) is 11.4 Å². The largest absolute Gasteiger partial charge is 0.397 e. The third-order valence-corrected chi connectivity index (χ3v) is 3.49. The minimum Gasteiger partial charge on any atom is -0.397 e. The van der Waals surface area contributed by atoms with Gasteiger partial charge in [0.1, 0.15) is 0 Å². The summed E-state index contributed by atoms with van der Waals surface area (Å²) in [6, 6.07) is 5.63. The van der Waals surface area contributed by atoms with Crippen LogP contribution in [-0.4, -0.2) is 26.8 Å². The summed E-state index contributed by atoms with van der Waals surface area (Å²) in [6.45, 7) is 2.68. The first kappa shape index (κ1) is 12.5. The second-order valence-electron chi connectivity index (χ2n) is 4.64. The second-order valence-corrected chi connectivity index (χ2v) is 5.05. The smallest absolute Gasteiger partial charge is 0.0786 e. The summed E-state index contributed by atoms with van der Waals surface area (Å²) in [6.07, 6.45) is 2.37. The molecule has 17 heavy (non-hydrogen) atoms. The number of para-hydroxylation sites is 1. The molecule has 1 unspecified atom stereocenters. The van der Waals surface area contributed by atoms with E-state index in [0.717, 1.165) is 37.6 Å². The Kier molecular flexibility index (Phi) is 4.13. The van der Waals surface area contributed by atoms with E-state index >= 15 is 0 Å². The third-order valence-electron chi connectivity index (χ3n) is 3.19. The van der Waals surface area contributed by atoms with Crippen molar-refractivity contribution in [2.75, 3.05) is 37.4 Å². The third kappa shape index (κ3) is 3.05. The van der Waals surface area contributed by atoms with E-state index in [1.54, 1.807) is 0 Å². The fraction of sp³-hybridized carbons (Fsp3) is 0.538. The number of ether oxygens (including phenoxy) is 1. The topological polar surface area (TPSA) is 38.5 Å². The van der Waals surface area contributed by atoms with Crippen molar-refractivity contribution in [2.45, 2.75) is 12.8 Å². The molecule has 0 saturated carbocycles. The van der Waals surface area contributed by atoms with Crippen LogP contribution in [0.15, 0.2) is 18.2 Å². The van der Waals surface area contributed by atoms with Crippen molar-refractivity contribution >= 4 is 23.0 Å². The van der Waals surface area contributed by atoms with Crippen molar-refractivity contribution < 1.29 is 4.74 Å². The average Bonchev–Trinajstić information content (AvgIpc) is 2.30.